The second-order valence-electron chi connectivity index (χ2n) is 4.88. The lowest BCUT2D eigenvalue weighted by atomic mass is 9.95. The molecule has 0 saturated heterocycles. The molecule has 1 aromatic carbocycles. The molecule has 1 aliphatic rings. The van der Waals surface area contributed by atoms with Gasteiger partial charge in [-0.1, -0.05) is 31.4 Å². The van der Waals surface area contributed by atoms with Crippen molar-refractivity contribution in [2.24, 2.45) is 0 Å². The van der Waals surface area contributed by atoms with Crippen LogP contribution in [0.4, 0.5) is 0 Å². The number of rotatable bonds is 5. The Balaban J connectivity index is 1.77. The van der Waals surface area contributed by atoms with Gasteiger partial charge < -0.3 is 5.32 Å². The monoisotopic (exact) mass is 277 g/mol. The molecule has 0 aromatic heterocycles. The van der Waals surface area contributed by atoms with Crippen molar-refractivity contribution in [2.45, 2.75) is 43.0 Å². The van der Waals surface area contributed by atoms with Crippen molar-refractivity contribution >= 4 is 24.0 Å². The van der Waals surface area contributed by atoms with Gasteiger partial charge in [0.25, 0.3) is 0 Å². The average molecular weight is 277 g/mol. The molecule has 1 fully saturated rings. The summed E-state index contributed by atoms with van der Waals surface area (Å²) >= 11 is 1.48. The normalized spacial score (nSPS) is 16.0. The van der Waals surface area contributed by atoms with Crippen LogP contribution in [0.5, 0.6) is 0 Å². The van der Waals surface area contributed by atoms with Crippen molar-refractivity contribution in [2.75, 3.05) is 5.75 Å². The predicted octanol–water partition coefficient (Wildman–Crippen LogP) is 3.04. The average Bonchev–Trinajstić information content (AvgIpc) is 2.46. The summed E-state index contributed by atoms with van der Waals surface area (Å²) in [7, 11) is 0. The van der Waals surface area contributed by atoms with Crippen molar-refractivity contribution in [3.8, 4) is 0 Å². The first-order chi connectivity index (χ1) is 9.28. The van der Waals surface area contributed by atoms with Gasteiger partial charge in [0.2, 0.25) is 5.91 Å². The number of thioether (sulfide) groups is 1. The van der Waals surface area contributed by atoms with E-state index in [9.17, 15) is 9.59 Å². The highest BCUT2D eigenvalue weighted by Gasteiger charge is 2.15. The number of aldehydes is 1. The van der Waals surface area contributed by atoms with Crippen molar-refractivity contribution in [1.29, 1.82) is 0 Å². The Morgan fingerprint density at radius 1 is 1.32 bits per heavy atom. The minimum Gasteiger partial charge on any atom is -0.353 e. The van der Waals surface area contributed by atoms with Crippen LogP contribution in [0.3, 0.4) is 0 Å². The Bertz CT molecular complexity index is 442. The van der Waals surface area contributed by atoms with Crippen LogP contribution in [0.2, 0.25) is 0 Å². The van der Waals surface area contributed by atoms with Gasteiger partial charge in [-0.3, -0.25) is 9.59 Å². The quantitative estimate of drug-likeness (QED) is 0.664. The fraction of sp³-hybridized carbons (Fsp3) is 0.467. The molecule has 0 bridgehead atoms. The van der Waals surface area contributed by atoms with Crippen molar-refractivity contribution in [3.05, 3.63) is 29.8 Å². The molecule has 1 saturated carbocycles. The minimum atomic E-state index is 0.0911. The SMILES string of the molecule is O=Cc1cccc(SCC(=O)NC2CCCCC2)c1. The van der Waals surface area contributed by atoms with E-state index >= 15 is 0 Å². The first-order valence-electron chi connectivity index (χ1n) is 6.75. The zero-order valence-corrected chi connectivity index (χ0v) is 11.7. The molecule has 0 atom stereocenters. The lowest BCUT2D eigenvalue weighted by molar-refractivity contribution is -0.119. The van der Waals surface area contributed by atoms with E-state index in [0.29, 0.717) is 17.4 Å². The van der Waals surface area contributed by atoms with E-state index in [2.05, 4.69) is 5.32 Å². The van der Waals surface area contributed by atoms with Gasteiger partial charge in [-0.15, -0.1) is 11.8 Å². The van der Waals surface area contributed by atoms with E-state index in [0.717, 1.165) is 24.0 Å². The van der Waals surface area contributed by atoms with Crippen molar-refractivity contribution < 1.29 is 9.59 Å². The number of amides is 1. The maximum atomic E-state index is 11.8. The molecule has 2 rings (SSSR count). The lowest BCUT2D eigenvalue weighted by Gasteiger charge is -2.22. The van der Waals surface area contributed by atoms with E-state index in [1.54, 1.807) is 6.07 Å². The van der Waals surface area contributed by atoms with Crippen LogP contribution < -0.4 is 5.32 Å². The smallest absolute Gasteiger partial charge is 0.230 e. The molecule has 0 spiro atoms. The second-order valence-corrected chi connectivity index (χ2v) is 5.93. The van der Waals surface area contributed by atoms with Crippen LogP contribution in [0.15, 0.2) is 29.2 Å². The summed E-state index contributed by atoms with van der Waals surface area (Å²) < 4.78 is 0. The van der Waals surface area contributed by atoms with Gasteiger partial charge in [-0.05, 0) is 25.0 Å². The van der Waals surface area contributed by atoms with E-state index < -0.39 is 0 Å². The fourth-order valence-electron chi connectivity index (χ4n) is 2.34. The summed E-state index contributed by atoms with van der Waals surface area (Å²) in [5.41, 5.74) is 0.651. The molecule has 102 valence electrons. The van der Waals surface area contributed by atoms with Crippen LogP contribution in [0.25, 0.3) is 0 Å². The first kappa shape index (κ1) is 14.1. The Hall–Kier alpha value is -1.29. The summed E-state index contributed by atoms with van der Waals surface area (Å²) in [6, 6.07) is 7.70. The highest BCUT2D eigenvalue weighted by Crippen LogP contribution is 2.20. The van der Waals surface area contributed by atoms with Crippen molar-refractivity contribution in [3.63, 3.8) is 0 Å². The zero-order valence-electron chi connectivity index (χ0n) is 10.9. The molecule has 0 heterocycles. The first-order valence-corrected chi connectivity index (χ1v) is 7.74. The molecule has 4 heteroatoms. The highest BCUT2D eigenvalue weighted by atomic mass is 32.2. The zero-order chi connectivity index (χ0) is 13.5. The Labute approximate surface area is 118 Å². The van der Waals surface area contributed by atoms with Gasteiger partial charge in [0.1, 0.15) is 6.29 Å². The van der Waals surface area contributed by atoms with Crippen molar-refractivity contribution in [1.82, 2.24) is 5.32 Å². The molecule has 1 N–H and O–H groups in total. The van der Waals surface area contributed by atoms with Gasteiger partial charge in [0.15, 0.2) is 0 Å². The van der Waals surface area contributed by atoms with Gasteiger partial charge in [0, 0.05) is 16.5 Å². The standard InChI is InChI=1S/C15H19NO2S/c17-10-12-5-4-8-14(9-12)19-11-15(18)16-13-6-2-1-3-7-13/h4-5,8-10,13H,1-3,6-7,11H2,(H,16,18). The summed E-state index contributed by atoms with van der Waals surface area (Å²) in [5.74, 6) is 0.507. The summed E-state index contributed by atoms with van der Waals surface area (Å²) in [4.78, 5) is 23.5. The Kier molecular flexibility index (Phi) is 5.45. The maximum Gasteiger partial charge on any atom is 0.230 e. The van der Waals surface area contributed by atoms with E-state index in [-0.39, 0.29) is 5.91 Å². The third-order valence-electron chi connectivity index (χ3n) is 3.33. The summed E-state index contributed by atoms with van der Waals surface area (Å²) in [5, 5.41) is 3.09. The van der Waals surface area contributed by atoms with Crippen LogP contribution >= 0.6 is 11.8 Å². The van der Waals surface area contributed by atoms with Gasteiger partial charge >= 0.3 is 0 Å². The third-order valence-corrected chi connectivity index (χ3v) is 4.33. The molecule has 1 aliphatic carbocycles. The molecule has 0 aliphatic heterocycles. The van der Waals surface area contributed by atoms with Crippen LogP contribution in [0, 0.1) is 0 Å². The molecule has 3 nitrogen and oxygen atoms in total. The van der Waals surface area contributed by atoms with Gasteiger partial charge in [-0.25, -0.2) is 0 Å². The molecule has 1 amide bonds. The van der Waals surface area contributed by atoms with E-state index in [4.69, 9.17) is 0 Å². The number of carbonyl (C=O) groups excluding carboxylic acids is 2. The molecule has 1 aromatic rings. The predicted molar refractivity (Wildman–Crippen MR) is 77.6 cm³/mol. The fourth-order valence-corrected chi connectivity index (χ4v) is 3.12. The number of hydrogen-bond acceptors (Lipinski definition) is 3. The summed E-state index contributed by atoms with van der Waals surface area (Å²) in [6.45, 7) is 0. The van der Waals surface area contributed by atoms with Crippen LogP contribution in [-0.4, -0.2) is 24.0 Å². The van der Waals surface area contributed by atoms with E-state index in [1.165, 1.54) is 31.0 Å². The molecule has 0 unspecified atom stereocenters. The third kappa shape index (κ3) is 4.71. The molecular weight excluding hydrogens is 258 g/mol. The van der Waals surface area contributed by atoms with E-state index in [1.807, 2.05) is 18.2 Å². The maximum absolute atomic E-state index is 11.8. The number of benzene rings is 1. The molecular formula is C15H19NO2S. The van der Waals surface area contributed by atoms with Crippen LogP contribution in [0.1, 0.15) is 42.5 Å². The molecule has 0 radical (unpaired) electrons. The summed E-state index contributed by atoms with van der Waals surface area (Å²) in [6.07, 6.45) is 6.78. The second kappa shape index (κ2) is 7.34. The number of hydrogen-bond donors (Lipinski definition) is 1. The number of carbonyl (C=O) groups is 2. The number of nitrogens with one attached hydrogen (secondary N) is 1. The lowest BCUT2D eigenvalue weighted by Crippen LogP contribution is -2.37. The van der Waals surface area contributed by atoms with Gasteiger partial charge in [0.05, 0.1) is 5.75 Å². The molecule has 19 heavy (non-hydrogen) atoms. The van der Waals surface area contributed by atoms with Gasteiger partial charge in [-0.2, -0.15) is 0 Å². The largest absolute Gasteiger partial charge is 0.353 e. The Morgan fingerprint density at radius 2 is 2.11 bits per heavy atom. The van der Waals surface area contributed by atoms with Crippen LogP contribution in [-0.2, 0) is 4.79 Å². The highest BCUT2D eigenvalue weighted by molar-refractivity contribution is 8.00. The minimum absolute atomic E-state index is 0.0911. The topological polar surface area (TPSA) is 46.2 Å². The Morgan fingerprint density at radius 3 is 2.84 bits per heavy atom.